The number of benzene rings is 1. The van der Waals surface area contributed by atoms with Crippen LogP contribution in [-0.4, -0.2) is 83.1 Å². The van der Waals surface area contributed by atoms with Crippen LogP contribution in [0.2, 0.25) is 0 Å². The number of carbonyl (C=O) groups is 2. The molecule has 1 aliphatic heterocycles. The molecule has 29 heavy (non-hydrogen) atoms. The van der Waals surface area contributed by atoms with Crippen molar-refractivity contribution in [2.75, 3.05) is 53.6 Å². The van der Waals surface area contributed by atoms with Gasteiger partial charge in [0.25, 0.3) is 5.91 Å². The Balaban J connectivity index is 2.16. The van der Waals surface area contributed by atoms with Crippen LogP contribution in [0.25, 0.3) is 0 Å². The van der Waals surface area contributed by atoms with Crippen molar-refractivity contribution in [2.45, 2.75) is 11.3 Å². The normalized spacial score (nSPS) is 14.7. The molecule has 1 amide bonds. The molecule has 1 aromatic carbocycles. The van der Waals surface area contributed by atoms with Gasteiger partial charge < -0.3 is 19.1 Å². The van der Waals surface area contributed by atoms with Gasteiger partial charge in [0.15, 0.2) is 6.61 Å². The Morgan fingerprint density at radius 2 is 2.00 bits per heavy atom. The fourth-order valence-electron chi connectivity index (χ4n) is 2.59. The average Bonchev–Trinajstić information content (AvgIpc) is 2.75. The zero-order chi connectivity index (χ0) is 21.4. The summed E-state index contributed by atoms with van der Waals surface area (Å²) >= 11 is 0. The Labute approximate surface area is 169 Å². The Kier molecular flexibility index (Phi) is 7.95. The third-order valence-electron chi connectivity index (χ3n) is 4.30. The van der Waals surface area contributed by atoms with E-state index in [1.807, 2.05) is 6.07 Å². The third-order valence-corrected chi connectivity index (χ3v) is 6.22. The van der Waals surface area contributed by atoms with Gasteiger partial charge in [-0.15, -0.1) is 0 Å². The van der Waals surface area contributed by atoms with E-state index in [0.29, 0.717) is 0 Å². The van der Waals surface area contributed by atoms with Crippen molar-refractivity contribution >= 4 is 21.9 Å². The lowest BCUT2D eigenvalue weighted by Gasteiger charge is -2.26. The Bertz CT molecular complexity index is 889. The van der Waals surface area contributed by atoms with Crippen LogP contribution >= 0.6 is 0 Å². The van der Waals surface area contributed by atoms with Crippen LogP contribution in [0.3, 0.4) is 0 Å². The third kappa shape index (κ3) is 5.66. The maximum absolute atomic E-state index is 12.9. The molecule has 0 aromatic heterocycles. The highest BCUT2D eigenvalue weighted by Gasteiger charge is 2.30. The minimum atomic E-state index is -3.90. The summed E-state index contributed by atoms with van der Waals surface area (Å²) in [6.07, 6.45) is 0.164. The molecule has 0 bridgehead atoms. The summed E-state index contributed by atoms with van der Waals surface area (Å²) in [6, 6.07) is 5.83. The molecule has 1 saturated heterocycles. The zero-order valence-electron chi connectivity index (χ0n) is 16.3. The van der Waals surface area contributed by atoms with Crippen molar-refractivity contribution in [1.82, 2.24) is 9.21 Å². The molecule has 0 atom stereocenters. The van der Waals surface area contributed by atoms with Gasteiger partial charge in [0.05, 0.1) is 38.4 Å². The highest BCUT2D eigenvalue weighted by molar-refractivity contribution is 7.89. The van der Waals surface area contributed by atoms with Gasteiger partial charge in [0, 0.05) is 26.7 Å². The van der Waals surface area contributed by atoms with Crippen molar-refractivity contribution in [2.24, 2.45) is 0 Å². The molecule has 1 heterocycles. The summed E-state index contributed by atoms with van der Waals surface area (Å²) in [5, 5.41) is 8.55. The Hall–Kier alpha value is -2.68. The molecule has 0 N–H and O–H groups in total. The number of rotatable bonds is 8. The molecule has 0 aliphatic carbocycles. The van der Waals surface area contributed by atoms with E-state index in [2.05, 4.69) is 0 Å². The van der Waals surface area contributed by atoms with E-state index in [1.165, 1.54) is 41.6 Å². The molecule has 2 rings (SSSR count). The number of ether oxygens (including phenoxy) is 3. The molecular formula is C18H23N3O7S. The lowest BCUT2D eigenvalue weighted by atomic mass is 10.2. The van der Waals surface area contributed by atoms with Gasteiger partial charge >= 0.3 is 5.97 Å². The van der Waals surface area contributed by atoms with Gasteiger partial charge in [-0.2, -0.15) is 9.57 Å². The topological polar surface area (TPSA) is 126 Å². The second kappa shape index (κ2) is 10.2. The zero-order valence-corrected chi connectivity index (χ0v) is 17.1. The number of methoxy groups -OCH3 is 1. The molecule has 0 radical (unpaired) electrons. The van der Waals surface area contributed by atoms with E-state index in [0.717, 1.165) is 0 Å². The number of hydrogen-bond donors (Lipinski definition) is 0. The van der Waals surface area contributed by atoms with Gasteiger partial charge in [-0.05, 0) is 18.2 Å². The van der Waals surface area contributed by atoms with Gasteiger partial charge in [-0.25, -0.2) is 13.2 Å². The van der Waals surface area contributed by atoms with Gasteiger partial charge in [-0.1, -0.05) is 0 Å². The summed E-state index contributed by atoms with van der Waals surface area (Å²) in [6.45, 7) is 0.665. The first-order chi connectivity index (χ1) is 13.8. The van der Waals surface area contributed by atoms with E-state index in [4.69, 9.17) is 19.5 Å². The van der Waals surface area contributed by atoms with Crippen LogP contribution in [0.4, 0.5) is 0 Å². The second-order valence-corrected chi connectivity index (χ2v) is 8.09. The van der Waals surface area contributed by atoms with Crippen LogP contribution < -0.4 is 4.74 Å². The predicted octanol–water partition coefficient (Wildman–Crippen LogP) is 0.245. The number of esters is 1. The molecule has 1 aliphatic rings. The number of amides is 1. The summed E-state index contributed by atoms with van der Waals surface area (Å²) < 4.78 is 42.5. The van der Waals surface area contributed by atoms with Crippen molar-refractivity contribution in [3.8, 4) is 11.8 Å². The minimum Gasteiger partial charge on any atom is -0.495 e. The monoisotopic (exact) mass is 425 g/mol. The van der Waals surface area contributed by atoms with Gasteiger partial charge in [0.1, 0.15) is 10.6 Å². The summed E-state index contributed by atoms with van der Waals surface area (Å²) in [7, 11) is -1.07. The highest BCUT2D eigenvalue weighted by atomic mass is 32.2. The van der Waals surface area contributed by atoms with Crippen LogP contribution in [0.5, 0.6) is 5.75 Å². The van der Waals surface area contributed by atoms with E-state index >= 15 is 0 Å². The molecule has 0 saturated carbocycles. The first-order valence-electron chi connectivity index (χ1n) is 8.85. The minimum absolute atomic E-state index is 0.0230. The number of likely N-dealkylation sites (N-methyl/N-ethyl adjacent to an activating group) is 1. The number of hydrogen-bond acceptors (Lipinski definition) is 8. The molecule has 158 valence electrons. The molecule has 1 fully saturated rings. The quantitative estimate of drug-likeness (QED) is 0.542. The molecular weight excluding hydrogens is 402 g/mol. The fourth-order valence-corrected chi connectivity index (χ4v) is 4.18. The molecule has 0 unspecified atom stereocenters. The number of nitriles is 1. The smallest absolute Gasteiger partial charge is 0.338 e. The maximum Gasteiger partial charge on any atom is 0.338 e. The first-order valence-corrected chi connectivity index (χ1v) is 10.3. The standard InChI is InChI=1S/C18H23N3O7S/c1-20(7-3-6-19)17(22)13-28-18(23)14-4-5-15(26-2)16(12-14)29(24,25)21-8-10-27-11-9-21/h4-5,12H,3,7-11,13H2,1-2H3. The Morgan fingerprint density at radius 1 is 1.31 bits per heavy atom. The highest BCUT2D eigenvalue weighted by Crippen LogP contribution is 2.28. The van der Waals surface area contributed by atoms with E-state index in [-0.39, 0.29) is 55.5 Å². The molecule has 1 aromatic rings. The van der Waals surface area contributed by atoms with Crippen LogP contribution in [0, 0.1) is 11.3 Å². The fraction of sp³-hybridized carbons (Fsp3) is 0.500. The van der Waals surface area contributed by atoms with Crippen molar-refractivity contribution in [1.29, 1.82) is 5.26 Å². The largest absolute Gasteiger partial charge is 0.495 e. The molecule has 11 heteroatoms. The van der Waals surface area contributed by atoms with Gasteiger partial charge in [0.2, 0.25) is 10.0 Å². The lowest BCUT2D eigenvalue weighted by molar-refractivity contribution is -0.133. The Morgan fingerprint density at radius 3 is 2.62 bits per heavy atom. The van der Waals surface area contributed by atoms with Crippen molar-refractivity contribution in [3.05, 3.63) is 23.8 Å². The lowest BCUT2D eigenvalue weighted by Crippen LogP contribution is -2.40. The van der Waals surface area contributed by atoms with Crippen molar-refractivity contribution < 1.29 is 32.2 Å². The van der Waals surface area contributed by atoms with E-state index in [9.17, 15) is 18.0 Å². The van der Waals surface area contributed by atoms with Crippen LogP contribution in [-0.2, 0) is 24.3 Å². The second-order valence-electron chi connectivity index (χ2n) is 6.18. The number of carbonyl (C=O) groups excluding carboxylic acids is 2. The average molecular weight is 425 g/mol. The van der Waals surface area contributed by atoms with Crippen LogP contribution in [0.15, 0.2) is 23.1 Å². The van der Waals surface area contributed by atoms with Crippen molar-refractivity contribution in [3.63, 3.8) is 0 Å². The number of sulfonamides is 1. The molecule has 10 nitrogen and oxygen atoms in total. The number of nitrogens with zero attached hydrogens (tertiary/aromatic N) is 3. The predicted molar refractivity (Wildman–Crippen MR) is 101 cm³/mol. The first kappa shape index (κ1) is 22.6. The summed E-state index contributed by atoms with van der Waals surface area (Å²) in [4.78, 5) is 25.4. The molecule has 0 spiro atoms. The van der Waals surface area contributed by atoms with E-state index < -0.39 is 28.5 Å². The number of morpholine rings is 1. The summed E-state index contributed by atoms with van der Waals surface area (Å²) in [5.74, 6) is -1.21. The van der Waals surface area contributed by atoms with Crippen LogP contribution in [0.1, 0.15) is 16.8 Å². The van der Waals surface area contributed by atoms with Gasteiger partial charge in [-0.3, -0.25) is 4.79 Å². The maximum atomic E-state index is 12.9. The van der Waals surface area contributed by atoms with E-state index in [1.54, 1.807) is 0 Å². The summed E-state index contributed by atoms with van der Waals surface area (Å²) in [5.41, 5.74) is -0.0230. The SMILES string of the molecule is COc1ccc(C(=O)OCC(=O)N(C)CCC#N)cc1S(=O)(=O)N1CCOCC1.